The van der Waals surface area contributed by atoms with E-state index in [1.807, 2.05) is 26.0 Å². The van der Waals surface area contributed by atoms with Crippen LogP contribution in [0.25, 0.3) is 10.2 Å². The minimum atomic E-state index is -0.309. The van der Waals surface area contributed by atoms with Gasteiger partial charge >= 0.3 is 0 Å². The lowest BCUT2D eigenvalue weighted by Crippen LogP contribution is -2.38. The lowest BCUT2D eigenvalue weighted by atomic mass is 10.1. The normalized spacial score (nSPS) is 12.0. The van der Waals surface area contributed by atoms with E-state index in [0.29, 0.717) is 6.61 Å². The van der Waals surface area contributed by atoms with Gasteiger partial charge in [0.1, 0.15) is 12.4 Å². The second-order valence-corrected chi connectivity index (χ2v) is 6.38. The molecule has 2 N–H and O–H groups in total. The lowest BCUT2D eigenvalue weighted by Gasteiger charge is -2.18. The smallest absolute Gasteiger partial charge is 0.120 e. The predicted octanol–water partition coefficient (Wildman–Crippen LogP) is 3.36. The topological polar surface area (TPSA) is 48.1 Å². The van der Waals surface area contributed by atoms with Crippen LogP contribution in [0.1, 0.15) is 32.2 Å². The third kappa shape index (κ3) is 3.43. The van der Waals surface area contributed by atoms with E-state index < -0.39 is 0 Å². The van der Waals surface area contributed by atoms with E-state index in [1.54, 1.807) is 11.3 Å². The first-order chi connectivity index (χ1) is 8.48. The number of nitrogens with zero attached hydrogens (tertiary/aromatic N) is 1. The van der Waals surface area contributed by atoms with E-state index >= 15 is 0 Å². The molecule has 0 radical (unpaired) electrons. The second kappa shape index (κ2) is 5.24. The van der Waals surface area contributed by atoms with Crippen LogP contribution >= 0.6 is 11.3 Å². The maximum absolute atomic E-state index is 5.90. The van der Waals surface area contributed by atoms with Crippen molar-refractivity contribution in [3.63, 3.8) is 0 Å². The summed E-state index contributed by atoms with van der Waals surface area (Å²) in [5.41, 5.74) is 6.65. The molecule has 0 aliphatic carbocycles. The number of thiazole rings is 1. The number of benzene rings is 1. The fraction of sp³-hybridized carbons (Fsp3) is 0.500. The Balaban J connectivity index is 2.16. The molecule has 1 heterocycles. The van der Waals surface area contributed by atoms with Crippen LogP contribution in [-0.2, 0) is 6.42 Å². The van der Waals surface area contributed by atoms with E-state index in [-0.39, 0.29) is 5.54 Å². The van der Waals surface area contributed by atoms with Crippen LogP contribution in [0, 0.1) is 0 Å². The van der Waals surface area contributed by atoms with Crippen LogP contribution < -0.4 is 10.5 Å². The molecule has 4 heteroatoms. The number of hydrogen-bond donors (Lipinski definition) is 1. The Bertz CT molecular complexity index is 528. The average molecular weight is 264 g/mol. The van der Waals surface area contributed by atoms with Crippen molar-refractivity contribution < 1.29 is 4.74 Å². The standard InChI is InChI=1S/C14H20N2OS/c1-4-5-13-16-11-7-6-10(8-12(11)18-13)17-9-14(2,3)15/h6-8H,4-5,9,15H2,1-3H3. The molecule has 98 valence electrons. The molecule has 2 aromatic rings. The van der Waals surface area contributed by atoms with Gasteiger partial charge in [-0.2, -0.15) is 0 Å². The minimum Gasteiger partial charge on any atom is -0.492 e. The molecule has 1 aromatic carbocycles. The molecular formula is C14H20N2OS. The summed E-state index contributed by atoms with van der Waals surface area (Å²) < 4.78 is 6.89. The first-order valence-corrected chi connectivity index (χ1v) is 7.11. The number of fused-ring (bicyclic) bond motifs is 1. The third-order valence-corrected chi connectivity index (χ3v) is 3.56. The molecule has 0 unspecified atom stereocenters. The summed E-state index contributed by atoms with van der Waals surface area (Å²) >= 11 is 1.75. The zero-order valence-corrected chi connectivity index (χ0v) is 12.0. The summed E-state index contributed by atoms with van der Waals surface area (Å²) in [6, 6.07) is 6.03. The molecule has 0 bridgehead atoms. The van der Waals surface area contributed by atoms with E-state index in [2.05, 4.69) is 18.0 Å². The van der Waals surface area contributed by atoms with E-state index in [4.69, 9.17) is 10.5 Å². The molecule has 0 spiro atoms. The maximum atomic E-state index is 5.90. The Morgan fingerprint density at radius 3 is 2.83 bits per heavy atom. The Labute approximate surface area is 112 Å². The molecule has 0 aliphatic rings. The quantitative estimate of drug-likeness (QED) is 0.900. The number of aryl methyl sites for hydroxylation is 1. The van der Waals surface area contributed by atoms with Gasteiger partial charge in [-0.3, -0.25) is 0 Å². The monoisotopic (exact) mass is 264 g/mol. The van der Waals surface area contributed by atoms with Gasteiger partial charge in [-0.05, 0) is 44.9 Å². The van der Waals surface area contributed by atoms with Crippen molar-refractivity contribution in [2.75, 3.05) is 6.61 Å². The van der Waals surface area contributed by atoms with Gasteiger partial charge in [0.15, 0.2) is 0 Å². The van der Waals surface area contributed by atoms with E-state index in [0.717, 1.165) is 24.1 Å². The maximum Gasteiger partial charge on any atom is 0.120 e. The summed E-state index contributed by atoms with van der Waals surface area (Å²) in [7, 11) is 0. The molecule has 0 atom stereocenters. The van der Waals surface area contributed by atoms with Gasteiger partial charge in [-0.25, -0.2) is 4.98 Å². The highest BCUT2D eigenvalue weighted by Crippen LogP contribution is 2.27. The number of ether oxygens (including phenoxy) is 1. The van der Waals surface area contributed by atoms with Crippen molar-refractivity contribution in [1.82, 2.24) is 4.98 Å². The van der Waals surface area contributed by atoms with Crippen molar-refractivity contribution in [2.24, 2.45) is 5.73 Å². The summed E-state index contributed by atoms with van der Waals surface area (Å²) in [4.78, 5) is 4.59. The Kier molecular flexibility index (Phi) is 3.88. The first-order valence-electron chi connectivity index (χ1n) is 6.29. The molecule has 0 fully saturated rings. The molecule has 2 rings (SSSR count). The third-order valence-electron chi connectivity index (χ3n) is 2.48. The van der Waals surface area contributed by atoms with Crippen LogP contribution in [0.2, 0.25) is 0 Å². The van der Waals surface area contributed by atoms with Gasteiger partial charge in [-0.15, -0.1) is 11.3 Å². The number of hydrogen-bond acceptors (Lipinski definition) is 4. The zero-order chi connectivity index (χ0) is 13.2. The SMILES string of the molecule is CCCc1nc2ccc(OCC(C)(C)N)cc2s1. The largest absolute Gasteiger partial charge is 0.492 e. The summed E-state index contributed by atoms with van der Waals surface area (Å²) in [6.45, 7) is 6.60. The number of aromatic nitrogens is 1. The van der Waals surface area contributed by atoms with Crippen molar-refractivity contribution >= 4 is 21.6 Å². The van der Waals surface area contributed by atoms with Crippen LogP contribution in [0.15, 0.2) is 18.2 Å². The summed E-state index contributed by atoms with van der Waals surface area (Å²) in [6.07, 6.45) is 2.18. The van der Waals surface area contributed by atoms with Gasteiger partial charge < -0.3 is 10.5 Å². The first kappa shape index (κ1) is 13.3. The minimum absolute atomic E-state index is 0.309. The van der Waals surface area contributed by atoms with E-state index in [1.165, 1.54) is 9.71 Å². The molecule has 18 heavy (non-hydrogen) atoms. The second-order valence-electron chi connectivity index (χ2n) is 5.26. The van der Waals surface area contributed by atoms with Crippen LogP contribution in [0.5, 0.6) is 5.75 Å². The van der Waals surface area contributed by atoms with Crippen molar-refractivity contribution in [2.45, 2.75) is 39.2 Å². The van der Waals surface area contributed by atoms with Gasteiger partial charge in [0.25, 0.3) is 0 Å². The molecule has 0 amide bonds. The zero-order valence-electron chi connectivity index (χ0n) is 11.2. The van der Waals surface area contributed by atoms with Crippen LogP contribution in [0.3, 0.4) is 0 Å². The van der Waals surface area contributed by atoms with Crippen molar-refractivity contribution in [3.8, 4) is 5.75 Å². The molecular weight excluding hydrogens is 244 g/mol. The number of rotatable bonds is 5. The van der Waals surface area contributed by atoms with Crippen molar-refractivity contribution in [1.29, 1.82) is 0 Å². The van der Waals surface area contributed by atoms with Gasteiger partial charge in [-0.1, -0.05) is 6.92 Å². The van der Waals surface area contributed by atoms with Gasteiger partial charge in [0.05, 0.1) is 15.2 Å². The van der Waals surface area contributed by atoms with Crippen LogP contribution in [0.4, 0.5) is 0 Å². The predicted molar refractivity (Wildman–Crippen MR) is 77.4 cm³/mol. The highest BCUT2D eigenvalue weighted by atomic mass is 32.1. The van der Waals surface area contributed by atoms with E-state index in [9.17, 15) is 0 Å². The fourth-order valence-corrected chi connectivity index (χ4v) is 2.73. The highest BCUT2D eigenvalue weighted by molar-refractivity contribution is 7.18. The Morgan fingerprint density at radius 1 is 1.39 bits per heavy atom. The molecule has 0 aliphatic heterocycles. The molecule has 1 aromatic heterocycles. The Hall–Kier alpha value is -1.13. The number of nitrogens with two attached hydrogens (primary N) is 1. The molecule has 0 saturated carbocycles. The Morgan fingerprint density at radius 2 is 2.17 bits per heavy atom. The molecule has 3 nitrogen and oxygen atoms in total. The summed E-state index contributed by atoms with van der Waals surface area (Å²) in [5.74, 6) is 0.868. The van der Waals surface area contributed by atoms with Crippen LogP contribution in [-0.4, -0.2) is 17.1 Å². The molecule has 0 saturated heterocycles. The van der Waals surface area contributed by atoms with Crippen molar-refractivity contribution in [3.05, 3.63) is 23.2 Å². The average Bonchev–Trinajstić information content (AvgIpc) is 2.67. The highest BCUT2D eigenvalue weighted by Gasteiger charge is 2.12. The van der Waals surface area contributed by atoms with Gasteiger partial charge in [0, 0.05) is 5.54 Å². The van der Waals surface area contributed by atoms with Gasteiger partial charge in [0.2, 0.25) is 0 Å². The summed E-state index contributed by atoms with van der Waals surface area (Å²) in [5, 5.41) is 1.20. The lowest BCUT2D eigenvalue weighted by molar-refractivity contribution is 0.243. The fourth-order valence-electron chi connectivity index (χ4n) is 1.63.